The molecule has 0 bridgehead atoms. The number of pyridine rings is 1. The van der Waals surface area contributed by atoms with E-state index in [0.29, 0.717) is 11.6 Å². The average molecular weight is 245 g/mol. The number of aromatic nitrogens is 2. The van der Waals surface area contributed by atoms with Crippen LogP contribution in [-0.2, 0) is 0 Å². The largest absolute Gasteiger partial charge is 0.506 e. The molecule has 3 rings (SSSR count). The van der Waals surface area contributed by atoms with Gasteiger partial charge in [-0.05, 0) is 31.5 Å². The summed E-state index contributed by atoms with van der Waals surface area (Å²) < 4.78 is 1.37. The fourth-order valence-electron chi connectivity index (χ4n) is 2.42. The highest BCUT2D eigenvalue weighted by molar-refractivity contribution is 5.42. The molecule has 0 aliphatic carbocycles. The van der Waals surface area contributed by atoms with Crippen molar-refractivity contribution in [2.45, 2.75) is 18.8 Å². The second kappa shape index (κ2) is 4.42. The Morgan fingerprint density at radius 1 is 1.44 bits per heavy atom. The molecule has 2 N–H and O–H groups in total. The molecule has 0 aromatic carbocycles. The Kier molecular flexibility index (Phi) is 2.76. The molecule has 1 fully saturated rings. The smallest absolute Gasteiger partial charge is 0.258 e. The molecule has 94 valence electrons. The molecule has 0 amide bonds. The Labute approximate surface area is 104 Å². The Morgan fingerprint density at radius 2 is 2.33 bits per heavy atom. The minimum Gasteiger partial charge on any atom is -0.506 e. The van der Waals surface area contributed by atoms with Gasteiger partial charge in [-0.2, -0.15) is 0 Å². The Bertz CT molecular complexity index is 630. The summed E-state index contributed by atoms with van der Waals surface area (Å²) in [6, 6.07) is 4.78. The minimum atomic E-state index is -0.142. The van der Waals surface area contributed by atoms with E-state index in [1.54, 1.807) is 18.2 Å². The lowest BCUT2D eigenvalue weighted by Crippen LogP contribution is -2.30. The van der Waals surface area contributed by atoms with Gasteiger partial charge in [0.05, 0.1) is 11.9 Å². The summed E-state index contributed by atoms with van der Waals surface area (Å²) in [4.78, 5) is 16.5. The van der Waals surface area contributed by atoms with Crippen LogP contribution in [0.25, 0.3) is 5.65 Å². The van der Waals surface area contributed by atoms with Crippen molar-refractivity contribution in [1.29, 1.82) is 0 Å². The lowest BCUT2D eigenvalue weighted by Gasteiger charge is -2.22. The zero-order valence-electron chi connectivity index (χ0n) is 9.97. The first kappa shape index (κ1) is 11.2. The number of aromatic hydroxyl groups is 1. The van der Waals surface area contributed by atoms with Gasteiger partial charge in [-0.1, -0.05) is 0 Å². The van der Waals surface area contributed by atoms with Gasteiger partial charge in [0.2, 0.25) is 0 Å². The van der Waals surface area contributed by atoms with Crippen molar-refractivity contribution in [1.82, 2.24) is 14.7 Å². The second-order valence-corrected chi connectivity index (χ2v) is 4.68. The van der Waals surface area contributed by atoms with Crippen LogP contribution in [0.4, 0.5) is 0 Å². The predicted octanol–water partition coefficient (Wildman–Crippen LogP) is 0.867. The van der Waals surface area contributed by atoms with Gasteiger partial charge < -0.3 is 10.4 Å². The Hall–Kier alpha value is -1.88. The Morgan fingerprint density at radius 3 is 3.11 bits per heavy atom. The standard InChI is InChI=1S/C13H15N3O2/c17-10-3-4-12-15-11(6-13(18)16(12)8-10)9-2-1-5-14-7-9/h3-4,6,8-9,14,17H,1-2,5,7H2. The summed E-state index contributed by atoms with van der Waals surface area (Å²) in [5.74, 6) is 0.378. The monoisotopic (exact) mass is 245 g/mol. The predicted molar refractivity (Wildman–Crippen MR) is 68.0 cm³/mol. The third-order valence-electron chi connectivity index (χ3n) is 3.38. The molecule has 3 heterocycles. The van der Waals surface area contributed by atoms with E-state index in [4.69, 9.17) is 0 Å². The van der Waals surface area contributed by atoms with E-state index in [-0.39, 0.29) is 11.3 Å². The lowest BCUT2D eigenvalue weighted by atomic mass is 9.96. The second-order valence-electron chi connectivity index (χ2n) is 4.68. The number of rotatable bonds is 1. The van der Waals surface area contributed by atoms with Crippen molar-refractivity contribution < 1.29 is 5.11 Å². The van der Waals surface area contributed by atoms with Crippen molar-refractivity contribution in [3.8, 4) is 5.75 Å². The molecule has 2 aromatic rings. The zero-order chi connectivity index (χ0) is 12.5. The molecule has 5 nitrogen and oxygen atoms in total. The normalized spacial score (nSPS) is 20.1. The Balaban J connectivity index is 2.09. The van der Waals surface area contributed by atoms with Gasteiger partial charge in [0, 0.05) is 18.5 Å². The van der Waals surface area contributed by atoms with Gasteiger partial charge in [-0.25, -0.2) is 4.98 Å². The van der Waals surface area contributed by atoms with Crippen LogP contribution >= 0.6 is 0 Å². The molecule has 1 aliphatic heterocycles. The van der Waals surface area contributed by atoms with Crippen LogP contribution in [0.2, 0.25) is 0 Å². The van der Waals surface area contributed by atoms with Crippen LogP contribution in [0.5, 0.6) is 5.75 Å². The van der Waals surface area contributed by atoms with Gasteiger partial charge in [-0.15, -0.1) is 0 Å². The SMILES string of the molecule is O=c1cc(C2CCCNC2)nc2ccc(O)cn12. The molecule has 0 radical (unpaired) electrons. The van der Waals surface area contributed by atoms with E-state index >= 15 is 0 Å². The number of hydrogen-bond donors (Lipinski definition) is 2. The van der Waals surface area contributed by atoms with E-state index in [9.17, 15) is 9.90 Å². The fourth-order valence-corrected chi connectivity index (χ4v) is 2.42. The summed E-state index contributed by atoms with van der Waals surface area (Å²) in [7, 11) is 0. The molecule has 2 aromatic heterocycles. The first-order valence-corrected chi connectivity index (χ1v) is 6.17. The summed E-state index contributed by atoms with van der Waals surface area (Å²) in [6.07, 6.45) is 3.57. The van der Waals surface area contributed by atoms with Crippen LogP contribution in [0.1, 0.15) is 24.5 Å². The molecule has 5 heteroatoms. The van der Waals surface area contributed by atoms with Gasteiger partial charge in [0.25, 0.3) is 5.56 Å². The minimum absolute atomic E-state index is 0.0680. The first-order valence-electron chi connectivity index (χ1n) is 6.17. The lowest BCUT2D eigenvalue weighted by molar-refractivity contribution is 0.454. The fraction of sp³-hybridized carbons (Fsp3) is 0.385. The van der Waals surface area contributed by atoms with Crippen molar-refractivity contribution in [3.63, 3.8) is 0 Å². The maximum atomic E-state index is 12.0. The van der Waals surface area contributed by atoms with Crippen molar-refractivity contribution >= 4 is 5.65 Å². The van der Waals surface area contributed by atoms with Gasteiger partial charge >= 0.3 is 0 Å². The average Bonchev–Trinajstić information content (AvgIpc) is 2.40. The van der Waals surface area contributed by atoms with Crippen molar-refractivity contribution in [2.24, 2.45) is 0 Å². The number of piperidine rings is 1. The molecule has 1 saturated heterocycles. The highest BCUT2D eigenvalue weighted by Crippen LogP contribution is 2.21. The van der Waals surface area contributed by atoms with Crippen LogP contribution < -0.4 is 10.9 Å². The van der Waals surface area contributed by atoms with E-state index in [0.717, 1.165) is 31.6 Å². The molecule has 0 spiro atoms. The quantitative estimate of drug-likeness (QED) is 0.782. The van der Waals surface area contributed by atoms with Gasteiger partial charge in [-0.3, -0.25) is 9.20 Å². The van der Waals surface area contributed by atoms with E-state index in [1.807, 2.05) is 0 Å². The molecule has 18 heavy (non-hydrogen) atoms. The number of fused-ring (bicyclic) bond motifs is 1. The highest BCUT2D eigenvalue weighted by atomic mass is 16.3. The van der Waals surface area contributed by atoms with E-state index in [2.05, 4.69) is 10.3 Å². The van der Waals surface area contributed by atoms with Gasteiger partial charge in [0.1, 0.15) is 11.4 Å². The van der Waals surface area contributed by atoms with Crippen molar-refractivity contribution in [3.05, 3.63) is 40.4 Å². The van der Waals surface area contributed by atoms with Crippen LogP contribution in [-0.4, -0.2) is 27.6 Å². The summed E-state index contributed by atoms with van der Waals surface area (Å²) in [5, 5.41) is 12.7. The van der Waals surface area contributed by atoms with E-state index < -0.39 is 0 Å². The number of hydrogen-bond acceptors (Lipinski definition) is 4. The van der Waals surface area contributed by atoms with Crippen LogP contribution in [0.3, 0.4) is 0 Å². The first-order chi connectivity index (χ1) is 8.74. The van der Waals surface area contributed by atoms with E-state index in [1.165, 1.54) is 10.6 Å². The topological polar surface area (TPSA) is 66.6 Å². The summed E-state index contributed by atoms with van der Waals surface area (Å²) in [6.45, 7) is 1.91. The zero-order valence-corrected chi connectivity index (χ0v) is 9.97. The summed E-state index contributed by atoms with van der Waals surface area (Å²) in [5.41, 5.74) is 1.29. The van der Waals surface area contributed by atoms with Crippen LogP contribution in [0, 0.1) is 0 Å². The third kappa shape index (κ3) is 1.97. The highest BCUT2D eigenvalue weighted by Gasteiger charge is 2.17. The van der Waals surface area contributed by atoms with Crippen LogP contribution in [0.15, 0.2) is 29.2 Å². The third-order valence-corrected chi connectivity index (χ3v) is 3.38. The molecular formula is C13H15N3O2. The van der Waals surface area contributed by atoms with Gasteiger partial charge in [0.15, 0.2) is 0 Å². The maximum Gasteiger partial charge on any atom is 0.258 e. The summed E-state index contributed by atoms with van der Waals surface area (Å²) >= 11 is 0. The molecule has 1 atom stereocenters. The number of nitrogens with zero attached hydrogens (tertiary/aromatic N) is 2. The molecular weight excluding hydrogens is 230 g/mol. The molecule has 0 saturated carbocycles. The molecule has 1 aliphatic rings. The molecule has 1 unspecified atom stereocenters. The maximum absolute atomic E-state index is 12.0. The van der Waals surface area contributed by atoms with Crippen molar-refractivity contribution in [2.75, 3.05) is 13.1 Å². The number of nitrogens with one attached hydrogen (secondary N) is 1.